The van der Waals surface area contributed by atoms with Gasteiger partial charge in [-0.25, -0.2) is 8.42 Å². The molecule has 0 bridgehead atoms. The molecule has 0 saturated heterocycles. The van der Waals surface area contributed by atoms with Gasteiger partial charge in [0, 0.05) is 36.5 Å². The molecule has 0 radical (unpaired) electrons. The third-order valence-corrected chi connectivity index (χ3v) is 9.52. The first kappa shape index (κ1) is 23.5. The molecule has 0 aromatic carbocycles. The topological polar surface area (TPSA) is 57.7 Å². The molecule has 0 N–H and O–H groups in total. The highest BCUT2D eigenvalue weighted by molar-refractivity contribution is 7.94. The predicted molar refractivity (Wildman–Crippen MR) is 123 cm³/mol. The van der Waals surface area contributed by atoms with Crippen LogP contribution in [0, 0.1) is 11.8 Å². The lowest BCUT2D eigenvalue weighted by molar-refractivity contribution is -0.128. The Labute approximate surface area is 183 Å². The summed E-state index contributed by atoms with van der Waals surface area (Å²) in [6, 6.07) is 0.711. The van der Waals surface area contributed by atoms with Gasteiger partial charge in [-0.1, -0.05) is 32.3 Å². The Hall–Kier alpha value is -1.14. The Balaban J connectivity index is 1.71. The fourth-order valence-electron chi connectivity index (χ4n) is 5.68. The van der Waals surface area contributed by atoms with Gasteiger partial charge in [0.2, 0.25) is 5.91 Å². The second-order valence-corrected chi connectivity index (χ2v) is 11.9. The summed E-state index contributed by atoms with van der Waals surface area (Å²) in [6.07, 6.45) is 13.8. The zero-order valence-corrected chi connectivity index (χ0v) is 20.0. The molecule has 4 atom stereocenters. The van der Waals surface area contributed by atoms with Gasteiger partial charge in [-0.15, -0.1) is 0 Å². The van der Waals surface area contributed by atoms with Crippen LogP contribution in [0.4, 0.5) is 0 Å². The number of amides is 1. The van der Waals surface area contributed by atoms with Crippen molar-refractivity contribution in [3.8, 4) is 0 Å². The van der Waals surface area contributed by atoms with E-state index < -0.39 is 9.84 Å². The van der Waals surface area contributed by atoms with Crippen LogP contribution in [0.25, 0.3) is 0 Å². The van der Waals surface area contributed by atoms with E-state index in [9.17, 15) is 13.2 Å². The summed E-state index contributed by atoms with van der Waals surface area (Å²) >= 11 is 0. The molecular weight excluding hydrogens is 396 g/mol. The lowest BCUT2D eigenvalue weighted by Crippen LogP contribution is -2.39. The third-order valence-electron chi connectivity index (χ3n) is 7.59. The van der Waals surface area contributed by atoms with Gasteiger partial charge in [0.1, 0.15) is 0 Å². The molecule has 1 amide bonds. The summed E-state index contributed by atoms with van der Waals surface area (Å²) in [5, 5.41) is 1.35. The van der Waals surface area contributed by atoms with E-state index in [4.69, 9.17) is 0 Å². The average molecular weight is 437 g/mol. The maximum absolute atomic E-state index is 12.8. The molecule has 2 aliphatic carbocycles. The molecule has 3 unspecified atom stereocenters. The van der Waals surface area contributed by atoms with Gasteiger partial charge in [0.15, 0.2) is 9.84 Å². The summed E-state index contributed by atoms with van der Waals surface area (Å²) in [7, 11) is 1.09. The summed E-state index contributed by atoms with van der Waals surface area (Å²) in [6.45, 7) is 3.87. The van der Waals surface area contributed by atoms with E-state index >= 15 is 0 Å². The van der Waals surface area contributed by atoms with Crippen molar-refractivity contribution >= 4 is 15.7 Å². The van der Waals surface area contributed by atoms with Gasteiger partial charge >= 0.3 is 0 Å². The number of hydrogen-bond acceptors (Lipinski definition) is 4. The standard InChI is InChI=1S/C24H40N2O3S/c1-5-21(25(3)4)16-20-17-26(18(2)27)24-12-11-19(15-23(20)24)13-14-30(28,29)22-9-7-6-8-10-22/h13-14,17,19,21-24H,5-12,15-16H2,1-4H3/b14-13+/t19?,21-,23?,24?/m1/s1. The Bertz CT molecular complexity index is 765. The molecule has 170 valence electrons. The number of hydrogen-bond donors (Lipinski definition) is 0. The van der Waals surface area contributed by atoms with E-state index in [-0.39, 0.29) is 23.1 Å². The SMILES string of the molecule is CC[C@H](CC1=CN(C(C)=O)C2CCC(/C=C/S(=O)(=O)C3CCCCC3)CC12)N(C)C. The van der Waals surface area contributed by atoms with E-state index in [1.807, 2.05) is 11.0 Å². The Morgan fingerprint density at radius 2 is 1.90 bits per heavy atom. The highest BCUT2D eigenvalue weighted by Crippen LogP contribution is 2.44. The minimum absolute atomic E-state index is 0.117. The number of nitrogens with zero attached hydrogens (tertiary/aromatic N) is 2. The predicted octanol–water partition coefficient (Wildman–Crippen LogP) is 4.51. The molecule has 3 aliphatic rings. The van der Waals surface area contributed by atoms with E-state index in [1.165, 1.54) is 11.0 Å². The van der Waals surface area contributed by atoms with Crippen molar-refractivity contribution in [1.82, 2.24) is 9.80 Å². The van der Waals surface area contributed by atoms with Crippen LogP contribution in [0.2, 0.25) is 0 Å². The number of carbonyl (C=O) groups excluding carboxylic acids is 1. The van der Waals surface area contributed by atoms with Crippen molar-refractivity contribution in [3.05, 3.63) is 23.3 Å². The number of rotatable bonds is 7. The third kappa shape index (κ3) is 5.37. The first-order valence-corrected chi connectivity index (χ1v) is 13.4. The quantitative estimate of drug-likeness (QED) is 0.589. The molecule has 6 heteroatoms. The highest BCUT2D eigenvalue weighted by Gasteiger charge is 2.41. The minimum Gasteiger partial charge on any atom is -0.316 e. The lowest BCUT2D eigenvalue weighted by atomic mass is 9.75. The fraction of sp³-hybridized carbons (Fsp3) is 0.792. The number of allylic oxidation sites excluding steroid dienone is 1. The summed E-state index contributed by atoms with van der Waals surface area (Å²) in [4.78, 5) is 16.4. The number of sulfone groups is 1. The minimum atomic E-state index is -3.14. The average Bonchev–Trinajstić information content (AvgIpc) is 3.09. The monoisotopic (exact) mass is 436 g/mol. The highest BCUT2D eigenvalue weighted by atomic mass is 32.2. The smallest absolute Gasteiger partial charge is 0.223 e. The van der Waals surface area contributed by atoms with E-state index in [1.54, 1.807) is 6.92 Å². The van der Waals surface area contributed by atoms with Crippen molar-refractivity contribution in [2.75, 3.05) is 14.1 Å². The maximum atomic E-state index is 12.8. The van der Waals surface area contributed by atoms with E-state index in [0.717, 1.165) is 64.2 Å². The summed E-state index contributed by atoms with van der Waals surface area (Å²) in [5.74, 6) is 0.745. The van der Waals surface area contributed by atoms with Gasteiger partial charge in [-0.05, 0) is 70.5 Å². The fourth-order valence-corrected chi connectivity index (χ4v) is 7.34. The van der Waals surface area contributed by atoms with Crippen molar-refractivity contribution in [3.63, 3.8) is 0 Å². The zero-order chi connectivity index (χ0) is 21.9. The molecule has 1 heterocycles. The lowest BCUT2D eigenvalue weighted by Gasteiger charge is -2.36. The van der Waals surface area contributed by atoms with Crippen molar-refractivity contribution in [2.45, 2.75) is 95.4 Å². The second kappa shape index (κ2) is 9.99. The summed E-state index contributed by atoms with van der Waals surface area (Å²) in [5.41, 5.74) is 1.36. The molecule has 3 rings (SSSR count). The Kier molecular flexibility index (Phi) is 7.83. The van der Waals surface area contributed by atoms with Crippen LogP contribution >= 0.6 is 0 Å². The largest absolute Gasteiger partial charge is 0.316 e. The maximum Gasteiger partial charge on any atom is 0.223 e. The molecular formula is C24H40N2O3S. The second-order valence-electron chi connectivity index (χ2n) is 9.78. The van der Waals surface area contributed by atoms with Crippen molar-refractivity contribution in [1.29, 1.82) is 0 Å². The van der Waals surface area contributed by atoms with Crippen LogP contribution in [0.5, 0.6) is 0 Å². The Morgan fingerprint density at radius 3 is 2.50 bits per heavy atom. The van der Waals surface area contributed by atoms with Crippen LogP contribution < -0.4 is 0 Å². The van der Waals surface area contributed by atoms with Crippen LogP contribution in [0.1, 0.15) is 78.1 Å². The van der Waals surface area contributed by atoms with Crippen LogP contribution in [-0.2, 0) is 14.6 Å². The normalized spacial score (nSPS) is 29.3. The van der Waals surface area contributed by atoms with Crippen LogP contribution in [0.3, 0.4) is 0 Å². The summed E-state index contributed by atoms with van der Waals surface area (Å²) < 4.78 is 25.5. The van der Waals surface area contributed by atoms with Gasteiger partial charge in [0.25, 0.3) is 0 Å². The van der Waals surface area contributed by atoms with Gasteiger partial charge < -0.3 is 9.80 Å². The molecule has 2 fully saturated rings. The molecule has 30 heavy (non-hydrogen) atoms. The van der Waals surface area contributed by atoms with E-state index in [2.05, 4.69) is 32.1 Å². The molecule has 1 aliphatic heterocycles. The molecule has 0 aromatic heterocycles. The first-order chi connectivity index (χ1) is 14.2. The molecule has 0 spiro atoms. The van der Waals surface area contributed by atoms with Gasteiger partial charge in [-0.2, -0.15) is 0 Å². The van der Waals surface area contributed by atoms with Crippen molar-refractivity contribution in [2.24, 2.45) is 11.8 Å². The molecule has 5 nitrogen and oxygen atoms in total. The Morgan fingerprint density at radius 1 is 1.20 bits per heavy atom. The molecule has 0 aromatic rings. The van der Waals surface area contributed by atoms with Gasteiger partial charge in [-0.3, -0.25) is 4.79 Å². The van der Waals surface area contributed by atoms with E-state index in [0.29, 0.717) is 12.0 Å². The van der Waals surface area contributed by atoms with Crippen LogP contribution in [0.15, 0.2) is 23.3 Å². The number of fused-ring (bicyclic) bond motifs is 1. The molecule has 2 saturated carbocycles. The van der Waals surface area contributed by atoms with Crippen molar-refractivity contribution < 1.29 is 13.2 Å². The van der Waals surface area contributed by atoms with Gasteiger partial charge in [0.05, 0.1) is 5.25 Å². The van der Waals surface area contributed by atoms with Crippen LogP contribution in [-0.4, -0.2) is 55.6 Å². The first-order valence-electron chi connectivity index (χ1n) is 11.8. The number of carbonyl (C=O) groups is 1. The zero-order valence-electron chi connectivity index (χ0n) is 19.2.